The Morgan fingerprint density at radius 3 is 2.09 bits per heavy atom. The van der Waals surface area contributed by atoms with E-state index in [2.05, 4.69) is 31.4 Å². The van der Waals surface area contributed by atoms with Gasteiger partial charge in [0.1, 0.15) is 0 Å². The molecule has 0 spiro atoms. The van der Waals surface area contributed by atoms with Gasteiger partial charge in [0.15, 0.2) is 0 Å². The van der Waals surface area contributed by atoms with Gasteiger partial charge in [-0.25, -0.2) is 0 Å². The predicted octanol–water partition coefficient (Wildman–Crippen LogP) is 3.39. The summed E-state index contributed by atoms with van der Waals surface area (Å²) in [5, 5.41) is 0. The molecule has 0 aliphatic heterocycles. The normalized spacial score (nSPS) is 40.6. The van der Waals surface area contributed by atoms with Gasteiger partial charge in [-0.2, -0.15) is 0 Å². The minimum atomic E-state index is 0.225. The smallest absolute Gasteiger partial charge is 0.0167 e. The second kappa shape index (κ2) is 6.19. The van der Waals surface area contributed by atoms with Crippen LogP contribution in [-0.2, 0) is 6.42 Å². The molecule has 0 saturated heterocycles. The molecule has 23 heavy (non-hydrogen) atoms. The van der Waals surface area contributed by atoms with Crippen molar-refractivity contribution in [2.45, 2.75) is 64.3 Å². The fraction of sp³-hybridized carbons (Fsp3) is 0.700. The standard InChI is InChI=1S/C12H21N.C8H12N2/c1-10-3-9-4-11(2,6-10)8-12(13,5-9)7-10;9-10-7-6-8-4-2-1-3-5-8/h9H,3-8,13H2,1-2H3;1-5,10H,6-7,9H2. The molecule has 3 nitrogen and oxygen atoms in total. The minimum absolute atomic E-state index is 0.225. The van der Waals surface area contributed by atoms with Gasteiger partial charge in [-0.05, 0) is 67.3 Å². The molecule has 0 amide bonds. The van der Waals surface area contributed by atoms with Crippen LogP contribution in [0.25, 0.3) is 0 Å². The van der Waals surface area contributed by atoms with E-state index >= 15 is 0 Å². The number of hydrogen-bond acceptors (Lipinski definition) is 3. The summed E-state index contributed by atoms with van der Waals surface area (Å²) in [6.07, 6.45) is 9.27. The highest BCUT2D eigenvalue weighted by Gasteiger charge is 2.58. The maximum atomic E-state index is 6.49. The third-order valence-corrected chi connectivity index (χ3v) is 6.07. The van der Waals surface area contributed by atoms with E-state index in [9.17, 15) is 0 Å². The summed E-state index contributed by atoms with van der Waals surface area (Å²) in [5.74, 6) is 6.08. The van der Waals surface area contributed by atoms with Crippen LogP contribution >= 0.6 is 0 Å². The molecule has 128 valence electrons. The number of nitrogens with two attached hydrogens (primary N) is 2. The summed E-state index contributed by atoms with van der Waals surface area (Å²) in [5.41, 5.74) is 11.9. The lowest BCUT2D eigenvalue weighted by Gasteiger charge is -2.64. The van der Waals surface area contributed by atoms with Crippen molar-refractivity contribution in [2.24, 2.45) is 28.3 Å². The summed E-state index contributed by atoms with van der Waals surface area (Å²) in [7, 11) is 0. The van der Waals surface area contributed by atoms with Crippen LogP contribution in [-0.4, -0.2) is 12.1 Å². The molecule has 1 aromatic carbocycles. The monoisotopic (exact) mass is 315 g/mol. The lowest BCUT2D eigenvalue weighted by molar-refractivity contribution is -0.104. The topological polar surface area (TPSA) is 64.1 Å². The zero-order chi connectivity index (χ0) is 16.6. The minimum Gasteiger partial charge on any atom is -0.325 e. The summed E-state index contributed by atoms with van der Waals surface area (Å²) < 4.78 is 0. The average Bonchev–Trinajstić information content (AvgIpc) is 2.42. The van der Waals surface area contributed by atoms with Crippen LogP contribution in [0.5, 0.6) is 0 Å². The summed E-state index contributed by atoms with van der Waals surface area (Å²) >= 11 is 0. The first kappa shape index (κ1) is 16.9. The highest BCUT2D eigenvalue weighted by Crippen LogP contribution is 2.65. The molecule has 5 N–H and O–H groups in total. The Labute approximate surface area is 141 Å². The molecule has 2 atom stereocenters. The highest BCUT2D eigenvalue weighted by molar-refractivity contribution is 5.15. The SMILES string of the molecule is CC12CC3CC(C)(C1)CC(N)(C3)C2.NNCCc1ccccc1. The average molecular weight is 316 g/mol. The third-order valence-electron chi connectivity index (χ3n) is 6.07. The molecule has 4 aliphatic rings. The van der Waals surface area contributed by atoms with E-state index in [0.717, 1.165) is 18.9 Å². The van der Waals surface area contributed by atoms with Crippen molar-refractivity contribution < 1.29 is 0 Å². The van der Waals surface area contributed by atoms with Crippen molar-refractivity contribution in [1.29, 1.82) is 0 Å². The molecule has 4 aliphatic carbocycles. The van der Waals surface area contributed by atoms with Gasteiger partial charge in [0.2, 0.25) is 0 Å². The number of benzene rings is 1. The van der Waals surface area contributed by atoms with Gasteiger partial charge in [-0.3, -0.25) is 11.3 Å². The van der Waals surface area contributed by atoms with Crippen LogP contribution < -0.4 is 17.0 Å². The number of rotatable bonds is 3. The maximum Gasteiger partial charge on any atom is 0.0167 e. The molecule has 0 aromatic heterocycles. The largest absolute Gasteiger partial charge is 0.325 e. The molecular weight excluding hydrogens is 282 g/mol. The molecule has 2 unspecified atom stereocenters. The van der Waals surface area contributed by atoms with Crippen LogP contribution in [0.1, 0.15) is 57.9 Å². The quantitative estimate of drug-likeness (QED) is 0.592. The second-order valence-electron chi connectivity index (χ2n) is 9.18. The van der Waals surface area contributed by atoms with E-state index < -0.39 is 0 Å². The van der Waals surface area contributed by atoms with Crippen LogP contribution in [0.3, 0.4) is 0 Å². The van der Waals surface area contributed by atoms with Gasteiger partial charge in [0.05, 0.1) is 0 Å². The molecule has 4 saturated carbocycles. The van der Waals surface area contributed by atoms with Crippen molar-refractivity contribution in [2.75, 3.05) is 6.54 Å². The molecule has 4 fully saturated rings. The fourth-order valence-corrected chi connectivity index (χ4v) is 6.40. The summed E-state index contributed by atoms with van der Waals surface area (Å²) in [6.45, 7) is 5.78. The molecule has 1 aromatic rings. The zero-order valence-corrected chi connectivity index (χ0v) is 14.8. The Morgan fingerprint density at radius 1 is 1.00 bits per heavy atom. The van der Waals surface area contributed by atoms with Gasteiger partial charge < -0.3 is 5.73 Å². The van der Waals surface area contributed by atoms with Crippen LogP contribution in [0, 0.1) is 16.7 Å². The summed E-state index contributed by atoms with van der Waals surface area (Å²) in [4.78, 5) is 0. The van der Waals surface area contributed by atoms with E-state index in [4.69, 9.17) is 11.6 Å². The van der Waals surface area contributed by atoms with Gasteiger partial charge in [-0.1, -0.05) is 44.2 Å². The van der Waals surface area contributed by atoms with Gasteiger partial charge in [0.25, 0.3) is 0 Å². The van der Waals surface area contributed by atoms with Crippen LogP contribution in [0.2, 0.25) is 0 Å². The van der Waals surface area contributed by atoms with Crippen molar-refractivity contribution >= 4 is 0 Å². The Hall–Kier alpha value is -0.900. The second-order valence-corrected chi connectivity index (χ2v) is 9.18. The lowest BCUT2D eigenvalue weighted by atomic mass is 9.43. The van der Waals surface area contributed by atoms with Crippen molar-refractivity contribution in [1.82, 2.24) is 5.43 Å². The van der Waals surface area contributed by atoms with Crippen molar-refractivity contribution in [3.05, 3.63) is 35.9 Å². The Kier molecular flexibility index (Phi) is 4.56. The van der Waals surface area contributed by atoms with E-state index in [1.807, 2.05) is 18.2 Å². The molecular formula is C20H33N3. The molecule has 4 bridgehead atoms. The number of hydrazine groups is 1. The molecule has 0 heterocycles. The van der Waals surface area contributed by atoms with Gasteiger partial charge >= 0.3 is 0 Å². The van der Waals surface area contributed by atoms with E-state index in [-0.39, 0.29) is 5.54 Å². The summed E-state index contributed by atoms with van der Waals surface area (Å²) in [6, 6.07) is 10.3. The Morgan fingerprint density at radius 2 is 1.61 bits per heavy atom. The number of hydrogen-bond donors (Lipinski definition) is 3. The van der Waals surface area contributed by atoms with Gasteiger partial charge in [0, 0.05) is 12.1 Å². The zero-order valence-electron chi connectivity index (χ0n) is 14.8. The molecule has 3 heteroatoms. The lowest BCUT2D eigenvalue weighted by Crippen LogP contribution is -2.62. The Bertz CT molecular complexity index is 476. The van der Waals surface area contributed by atoms with Crippen molar-refractivity contribution in [3.8, 4) is 0 Å². The van der Waals surface area contributed by atoms with E-state index in [1.165, 1.54) is 44.1 Å². The first-order valence-corrected chi connectivity index (χ1v) is 9.10. The Balaban J connectivity index is 0.000000142. The fourth-order valence-electron chi connectivity index (χ4n) is 6.40. The van der Waals surface area contributed by atoms with Crippen LogP contribution in [0.15, 0.2) is 30.3 Å². The third kappa shape index (κ3) is 3.96. The van der Waals surface area contributed by atoms with E-state index in [1.54, 1.807) is 0 Å². The van der Waals surface area contributed by atoms with Crippen molar-refractivity contribution in [3.63, 3.8) is 0 Å². The number of nitrogens with one attached hydrogen (secondary N) is 1. The van der Waals surface area contributed by atoms with Gasteiger partial charge in [-0.15, -0.1) is 0 Å². The molecule has 0 radical (unpaired) electrons. The maximum absolute atomic E-state index is 6.49. The molecule has 5 rings (SSSR count). The highest BCUT2D eigenvalue weighted by atomic mass is 15.2. The van der Waals surface area contributed by atoms with E-state index in [0.29, 0.717) is 10.8 Å². The predicted molar refractivity (Wildman–Crippen MR) is 96.7 cm³/mol. The first-order chi connectivity index (χ1) is 10.8. The first-order valence-electron chi connectivity index (χ1n) is 9.10. The van der Waals surface area contributed by atoms with Crippen LogP contribution in [0.4, 0.5) is 0 Å².